The van der Waals surface area contributed by atoms with Crippen LogP contribution in [0.25, 0.3) is 88.4 Å². The Labute approximate surface area is 515 Å². The minimum atomic E-state index is -3.18. The molecule has 2 heterocycles. The van der Waals surface area contributed by atoms with Crippen LogP contribution >= 0.6 is 0 Å². The van der Waals surface area contributed by atoms with Gasteiger partial charge in [0.1, 0.15) is 0 Å². The predicted molar refractivity (Wildman–Crippen MR) is 379 cm³/mol. The van der Waals surface area contributed by atoms with Crippen molar-refractivity contribution in [3.8, 4) is 44.8 Å². The highest BCUT2D eigenvalue weighted by molar-refractivity contribution is 7.21. The lowest BCUT2D eigenvalue weighted by Crippen LogP contribution is -2.74. The zero-order valence-electron chi connectivity index (χ0n) is 48.5. The van der Waals surface area contributed by atoms with E-state index < -0.39 is 16.1 Å². The number of fused-ring (bicyclic) bond motifs is 6. The topological polar surface area (TPSA) is 9.86 Å². The van der Waals surface area contributed by atoms with Gasteiger partial charge in [0.2, 0.25) is 0 Å². The summed E-state index contributed by atoms with van der Waals surface area (Å²) in [5.74, 6) is 0. The summed E-state index contributed by atoms with van der Waals surface area (Å²) >= 11 is 0. The first kappa shape index (κ1) is 52.7. The first-order valence-electron chi connectivity index (χ1n) is 30.5. The molecule has 0 aliphatic rings. The summed E-state index contributed by atoms with van der Waals surface area (Å²) in [7, 11) is -6.13. The highest BCUT2D eigenvalue weighted by atomic mass is 28.3. The molecule has 0 radical (unpaired) electrons. The normalized spacial score (nSPS) is 11.9. The summed E-state index contributed by atoms with van der Waals surface area (Å²) < 4.78 is 5.11. The molecule has 0 bridgehead atoms. The number of rotatable bonds is 13. The van der Waals surface area contributed by atoms with Gasteiger partial charge in [0.15, 0.2) is 16.1 Å². The van der Waals surface area contributed by atoms with Crippen LogP contribution in [0.4, 0.5) is 0 Å². The van der Waals surface area contributed by atoms with Gasteiger partial charge in [0, 0.05) is 38.4 Å². The first-order valence-corrected chi connectivity index (χ1v) is 34.5. The van der Waals surface area contributed by atoms with Crippen molar-refractivity contribution >= 4 is 101 Å². The van der Waals surface area contributed by atoms with E-state index in [0.717, 1.165) is 33.5 Å². The molecule has 0 atom stereocenters. The quantitative estimate of drug-likeness (QED) is 0.0804. The lowest BCUT2D eigenvalue weighted by molar-refractivity contribution is 1.17. The molecule has 0 amide bonds. The third-order valence-corrected chi connectivity index (χ3v) is 27.9. The molecule has 16 aromatic rings. The molecule has 0 N–H and O–H groups in total. The van der Waals surface area contributed by atoms with Gasteiger partial charge in [-0.3, -0.25) is 0 Å². The summed E-state index contributed by atoms with van der Waals surface area (Å²) in [6, 6.07) is 137. The molecule has 0 unspecified atom stereocenters. The van der Waals surface area contributed by atoms with Gasteiger partial charge in [-0.2, -0.15) is 0 Å². The van der Waals surface area contributed by atoms with Crippen molar-refractivity contribution < 1.29 is 0 Å². The lowest BCUT2D eigenvalue weighted by Gasteiger charge is -2.36. The maximum atomic E-state index is 2.58. The zero-order chi connectivity index (χ0) is 58.4. The molecular weight excluding hydrogens is 1090 g/mol. The number of benzene rings is 14. The van der Waals surface area contributed by atoms with Gasteiger partial charge < -0.3 is 9.13 Å². The second kappa shape index (κ2) is 22.2. The molecule has 0 fully saturated rings. The predicted octanol–water partition coefficient (Wildman–Crippen LogP) is 15.6. The van der Waals surface area contributed by atoms with Crippen molar-refractivity contribution in [2.45, 2.75) is 0 Å². The van der Waals surface area contributed by atoms with Crippen LogP contribution in [0.5, 0.6) is 0 Å². The minimum absolute atomic E-state index is 1.12. The van der Waals surface area contributed by atoms with E-state index in [9.17, 15) is 0 Å². The molecule has 88 heavy (non-hydrogen) atoms. The van der Waals surface area contributed by atoms with E-state index >= 15 is 0 Å². The second-order valence-electron chi connectivity index (χ2n) is 23.0. The van der Waals surface area contributed by atoms with Crippen LogP contribution in [0, 0.1) is 0 Å². The Kier molecular flexibility index (Phi) is 13.3. The van der Waals surface area contributed by atoms with Crippen molar-refractivity contribution in [1.82, 2.24) is 9.13 Å². The van der Waals surface area contributed by atoms with E-state index in [1.165, 1.54) is 96.3 Å². The van der Waals surface area contributed by atoms with Gasteiger partial charge in [-0.25, -0.2) is 0 Å². The van der Waals surface area contributed by atoms with Crippen LogP contribution in [0.15, 0.2) is 364 Å². The summed E-state index contributed by atoms with van der Waals surface area (Å²) in [5, 5.41) is 15.7. The summed E-state index contributed by atoms with van der Waals surface area (Å²) in [4.78, 5) is 0. The molecule has 0 spiro atoms. The molecule has 2 nitrogen and oxygen atoms in total. The van der Waals surface area contributed by atoms with Crippen molar-refractivity contribution in [1.29, 1.82) is 0 Å². The standard InChI is InChI=1S/C84H60N2Si2/c1-9-31-61(32-10-1)64-37-29-48-71(57-64)87(66-38-15-4-16-39-66,67-40-17-5-18-41-67)72-59-75(62-33-11-2-12-34-62)84(76(60-72)63-35-13-3-14-36-63)86-78-51-27-25-49-73(78)77-58-65(55-56-80(77)86)85-79-52-28-26-50-74(79)83-81(85)53-30-54-82(83)88(68-42-19-6-20-43-68,69-44-21-7-22-45-69)70-46-23-8-24-47-70/h1-60H. The van der Waals surface area contributed by atoms with Crippen LogP contribution in [0.2, 0.25) is 0 Å². The maximum absolute atomic E-state index is 3.18. The number of hydrogen-bond acceptors (Lipinski definition) is 0. The van der Waals surface area contributed by atoms with Crippen molar-refractivity contribution in [2.24, 2.45) is 0 Å². The van der Waals surface area contributed by atoms with E-state index in [1.807, 2.05) is 0 Å². The van der Waals surface area contributed by atoms with Crippen molar-refractivity contribution in [2.75, 3.05) is 0 Å². The molecular formula is C84H60N2Si2. The van der Waals surface area contributed by atoms with Crippen molar-refractivity contribution in [3.63, 3.8) is 0 Å². The van der Waals surface area contributed by atoms with E-state index in [1.54, 1.807) is 0 Å². The first-order chi connectivity index (χ1) is 43.7. The van der Waals surface area contributed by atoms with Crippen molar-refractivity contribution in [3.05, 3.63) is 364 Å². The fourth-order valence-corrected chi connectivity index (χ4v) is 24.5. The van der Waals surface area contributed by atoms with Crippen LogP contribution in [-0.4, -0.2) is 25.3 Å². The zero-order valence-corrected chi connectivity index (χ0v) is 50.5. The molecule has 2 aromatic heterocycles. The smallest absolute Gasteiger partial charge is 0.180 e. The fourth-order valence-electron chi connectivity index (χ4n) is 14.7. The molecule has 0 saturated heterocycles. The Morgan fingerprint density at radius 2 is 0.580 bits per heavy atom. The molecule has 0 aliphatic heterocycles. The fraction of sp³-hybridized carbons (Fsp3) is 0. The largest absolute Gasteiger partial charge is 0.309 e. The van der Waals surface area contributed by atoms with Gasteiger partial charge >= 0.3 is 0 Å². The summed E-state index contributed by atoms with van der Waals surface area (Å²) in [6.45, 7) is 0. The monoisotopic (exact) mass is 1150 g/mol. The van der Waals surface area contributed by atoms with Gasteiger partial charge in [0.05, 0.1) is 27.8 Å². The van der Waals surface area contributed by atoms with Gasteiger partial charge in [-0.1, -0.05) is 328 Å². The molecule has 16 rings (SSSR count). The highest BCUT2D eigenvalue weighted by Gasteiger charge is 2.45. The van der Waals surface area contributed by atoms with Gasteiger partial charge in [-0.05, 0) is 100 Å². The Hall–Kier alpha value is -10.9. The average Bonchev–Trinajstić information content (AvgIpc) is 1.41. The Bertz CT molecular complexity index is 4970. The van der Waals surface area contributed by atoms with Gasteiger partial charge in [-0.15, -0.1) is 0 Å². The molecule has 0 saturated carbocycles. The Balaban J connectivity index is 0.982. The van der Waals surface area contributed by atoms with Gasteiger partial charge in [0.25, 0.3) is 0 Å². The summed E-state index contributed by atoms with van der Waals surface area (Å²) in [6.07, 6.45) is 0. The molecule has 4 heteroatoms. The third-order valence-electron chi connectivity index (χ3n) is 18.4. The minimum Gasteiger partial charge on any atom is -0.309 e. The Morgan fingerprint density at radius 3 is 1.09 bits per heavy atom. The number of nitrogens with zero attached hydrogens (tertiary/aromatic N) is 2. The van der Waals surface area contributed by atoms with Crippen LogP contribution in [0.1, 0.15) is 0 Å². The van der Waals surface area contributed by atoms with Crippen LogP contribution < -0.4 is 41.5 Å². The lowest BCUT2D eigenvalue weighted by atomic mass is 9.95. The maximum Gasteiger partial charge on any atom is 0.180 e. The van der Waals surface area contributed by atoms with E-state index in [2.05, 4.69) is 373 Å². The average molecular weight is 1150 g/mol. The molecule has 0 aliphatic carbocycles. The molecule has 14 aromatic carbocycles. The Morgan fingerprint density at radius 1 is 0.205 bits per heavy atom. The second-order valence-corrected chi connectivity index (χ2v) is 30.6. The van der Waals surface area contributed by atoms with E-state index in [0.29, 0.717) is 0 Å². The number of para-hydroxylation sites is 2. The van der Waals surface area contributed by atoms with Crippen LogP contribution in [-0.2, 0) is 0 Å². The van der Waals surface area contributed by atoms with E-state index in [4.69, 9.17) is 0 Å². The molecule has 414 valence electrons. The third kappa shape index (κ3) is 8.52. The SMILES string of the molecule is c1ccc(-c2cccc([Si](c3ccccc3)(c3ccccc3)c3cc(-c4ccccc4)c(-n4c5ccccc5c5cc(-n6c7ccccc7c7c([Si](c8ccccc8)(c8ccccc8)c8ccccc8)cccc76)ccc54)c(-c4ccccc4)c3)c2)cc1. The van der Waals surface area contributed by atoms with Crippen LogP contribution in [0.3, 0.4) is 0 Å². The number of hydrogen-bond donors (Lipinski definition) is 0. The van der Waals surface area contributed by atoms with E-state index in [-0.39, 0.29) is 0 Å². The summed E-state index contributed by atoms with van der Waals surface area (Å²) in [5.41, 5.74) is 14.0. The number of aromatic nitrogens is 2. The highest BCUT2D eigenvalue weighted by Crippen LogP contribution is 2.43.